The van der Waals surface area contributed by atoms with E-state index in [9.17, 15) is 0 Å². The van der Waals surface area contributed by atoms with Crippen molar-refractivity contribution < 1.29 is 20.6 Å². The van der Waals surface area contributed by atoms with Gasteiger partial charge >= 0.3 is 0 Å². The molecule has 0 saturated carbocycles. The van der Waals surface area contributed by atoms with Gasteiger partial charge in [-0.1, -0.05) is 6.92 Å². The van der Waals surface area contributed by atoms with Gasteiger partial charge in [-0.25, -0.2) is 0 Å². The van der Waals surface area contributed by atoms with Crippen molar-refractivity contribution in [2.75, 3.05) is 39.3 Å². The van der Waals surface area contributed by atoms with Crippen LogP contribution >= 0.6 is 0 Å². The summed E-state index contributed by atoms with van der Waals surface area (Å²) in [7, 11) is 0. The topological polar surface area (TPSA) is 56.8 Å². The first-order chi connectivity index (χ1) is 6.27. The van der Waals surface area contributed by atoms with Crippen molar-refractivity contribution >= 4 is 0 Å². The molecule has 1 saturated heterocycles. The van der Waals surface area contributed by atoms with Gasteiger partial charge in [0.25, 0.3) is 0 Å². The van der Waals surface area contributed by atoms with Gasteiger partial charge in [0.2, 0.25) is 6.17 Å². The van der Waals surface area contributed by atoms with Gasteiger partial charge in [-0.15, -0.1) is 0 Å². The molecule has 0 aliphatic carbocycles. The van der Waals surface area contributed by atoms with Crippen molar-refractivity contribution in [2.24, 2.45) is 0 Å². The Morgan fingerprint density at radius 3 is 2.38 bits per heavy atom. The molecule has 0 aromatic heterocycles. The number of hydrogen-bond donors (Lipinski definition) is 4. The van der Waals surface area contributed by atoms with Crippen LogP contribution in [0.25, 0.3) is 0 Å². The molecular formula is C9H24N3O+3. The van der Waals surface area contributed by atoms with Crippen molar-refractivity contribution in [3.8, 4) is 0 Å². The van der Waals surface area contributed by atoms with Crippen LogP contribution in [0.1, 0.15) is 13.3 Å². The molecule has 0 radical (unpaired) electrons. The first kappa shape index (κ1) is 10.9. The van der Waals surface area contributed by atoms with E-state index < -0.39 is 0 Å². The molecule has 1 fully saturated rings. The zero-order chi connectivity index (χ0) is 9.68. The first-order valence-corrected chi connectivity index (χ1v) is 5.40. The summed E-state index contributed by atoms with van der Waals surface area (Å²) in [5.74, 6) is 0. The lowest BCUT2D eigenvalue weighted by molar-refractivity contribution is -1.06. The van der Waals surface area contributed by atoms with Crippen molar-refractivity contribution in [1.82, 2.24) is 0 Å². The Bertz CT molecular complexity index is 135. The van der Waals surface area contributed by atoms with Gasteiger partial charge in [0.05, 0.1) is 13.0 Å². The highest BCUT2D eigenvalue weighted by Crippen LogP contribution is 1.71. The lowest BCUT2D eigenvalue weighted by Gasteiger charge is -2.30. The first-order valence-electron chi connectivity index (χ1n) is 5.40. The highest BCUT2D eigenvalue weighted by Gasteiger charge is 2.27. The Morgan fingerprint density at radius 1 is 1.31 bits per heavy atom. The van der Waals surface area contributed by atoms with Crippen LogP contribution in [0.2, 0.25) is 0 Å². The minimum absolute atomic E-state index is 0.326. The molecular weight excluding hydrogens is 166 g/mol. The van der Waals surface area contributed by atoms with Crippen LogP contribution in [0, 0.1) is 0 Å². The minimum atomic E-state index is 0.326. The van der Waals surface area contributed by atoms with Gasteiger partial charge in [0.15, 0.2) is 0 Å². The van der Waals surface area contributed by atoms with Crippen LogP contribution in [-0.2, 0) is 0 Å². The predicted octanol–water partition coefficient (Wildman–Crippen LogP) is -4.26. The lowest BCUT2D eigenvalue weighted by Crippen LogP contribution is -3.32. The summed E-state index contributed by atoms with van der Waals surface area (Å²) in [4.78, 5) is 3.19. The van der Waals surface area contributed by atoms with Crippen LogP contribution < -0.4 is 15.5 Å². The smallest absolute Gasteiger partial charge is 0.210 e. The second-order valence-electron chi connectivity index (χ2n) is 3.99. The molecule has 4 heteroatoms. The van der Waals surface area contributed by atoms with E-state index in [0.29, 0.717) is 12.8 Å². The van der Waals surface area contributed by atoms with E-state index in [-0.39, 0.29) is 0 Å². The molecule has 0 aromatic rings. The van der Waals surface area contributed by atoms with E-state index in [4.69, 9.17) is 5.11 Å². The third kappa shape index (κ3) is 3.23. The maximum absolute atomic E-state index is 8.80. The van der Waals surface area contributed by atoms with Crippen LogP contribution in [0.4, 0.5) is 0 Å². The molecule has 0 aromatic carbocycles. The molecule has 1 unspecified atom stereocenters. The average Bonchev–Trinajstić information content (AvgIpc) is 2.18. The Balaban J connectivity index is 2.22. The summed E-state index contributed by atoms with van der Waals surface area (Å²) < 4.78 is 0. The summed E-state index contributed by atoms with van der Waals surface area (Å²) in [5.41, 5.74) is 4.16. The Labute approximate surface area is 80.3 Å². The van der Waals surface area contributed by atoms with Crippen molar-refractivity contribution in [1.29, 1.82) is 0 Å². The van der Waals surface area contributed by atoms with Gasteiger partial charge < -0.3 is 15.7 Å². The summed E-state index contributed by atoms with van der Waals surface area (Å²) in [6.45, 7) is 8.28. The largest absolute Gasteiger partial charge is 0.391 e. The standard InChI is InChI=1S/C9H21N3O/c1-2-9(10)12-5-3-11(4-6-12)7-8-13/h9,13H,2-8,10H2,1H3/p+3. The summed E-state index contributed by atoms with van der Waals surface area (Å²) in [6, 6.07) is 0. The number of rotatable bonds is 4. The molecule has 78 valence electrons. The molecule has 4 nitrogen and oxygen atoms in total. The number of piperazine rings is 1. The normalized spacial score (nSPS) is 31.6. The summed E-state index contributed by atoms with van der Waals surface area (Å²) >= 11 is 0. The maximum atomic E-state index is 8.80. The number of nitrogens with one attached hydrogen (secondary N) is 2. The Kier molecular flexibility index (Phi) is 4.66. The SMILES string of the molecule is CCC([NH3+])[NH+]1CC[NH+](CCO)CC1. The van der Waals surface area contributed by atoms with Crippen LogP contribution in [0.5, 0.6) is 0 Å². The molecule has 6 N–H and O–H groups in total. The van der Waals surface area contributed by atoms with E-state index in [0.717, 1.165) is 6.54 Å². The zero-order valence-corrected chi connectivity index (χ0v) is 8.68. The highest BCUT2D eigenvalue weighted by atomic mass is 16.3. The van der Waals surface area contributed by atoms with Crippen molar-refractivity contribution in [3.63, 3.8) is 0 Å². The average molecular weight is 190 g/mol. The molecule has 1 aliphatic heterocycles. The fraction of sp³-hybridized carbons (Fsp3) is 1.00. The third-order valence-electron chi connectivity index (χ3n) is 3.13. The van der Waals surface area contributed by atoms with Crippen molar-refractivity contribution in [2.45, 2.75) is 19.5 Å². The van der Waals surface area contributed by atoms with Gasteiger partial charge in [0, 0.05) is 0 Å². The van der Waals surface area contributed by atoms with Gasteiger partial charge in [0.1, 0.15) is 32.7 Å². The minimum Gasteiger partial charge on any atom is -0.391 e. The lowest BCUT2D eigenvalue weighted by atomic mass is 10.2. The van der Waals surface area contributed by atoms with E-state index in [1.165, 1.54) is 32.6 Å². The highest BCUT2D eigenvalue weighted by molar-refractivity contribution is 4.40. The quantitative estimate of drug-likeness (QED) is 0.356. The molecule has 0 bridgehead atoms. The van der Waals surface area contributed by atoms with Crippen LogP contribution in [0.3, 0.4) is 0 Å². The number of hydrogen-bond acceptors (Lipinski definition) is 1. The monoisotopic (exact) mass is 190 g/mol. The van der Waals surface area contributed by atoms with Crippen LogP contribution in [0.15, 0.2) is 0 Å². The van der Waals surface area contributed by atoms with Crippen molar-refractivity contribution in [3.05, 3.63) is 0 Å². The number of aliphatic hydroxyl groups is 1. The van der Waals surface area contributed by atoms with Gasteiger partial charge in [-0.3, -0.25) is 4.90 Å². The molecule has 1 aliphatic rings. The second kappa shape index (κ2) is 5.54. The van der Waals surface area contributed by atoms with E-state index >= 15 is 0 Å². The van der Waals surface area contributed by atoms with E-state index in [2.05, 4.69) is 12.7 Å². The maximum Gasteiger partial charge on any atom is 0.210 e. The molecule has 0 spiro atoms. The van der Waals surface area contributed by atoms with Crippen LogP contribution in [-0.4, -0.2) is 50.6 Å². The van der Waals surface area contributed by atoms with Gasteiger partial charge in [-0.2, -0.15) is 0 Å². The molecule has 1 rings (SSSR count). The fourth-order valence-corrected chi connectivity index (χ4v) is 2.03. The summed E-state index contributed by atoms with van der Waals surface area (Å²) in [5, 5.41) is 8.80. The molecule has 13 heavy (non-hydrogen) atoms. The van der Waals surface area contributed by atoms with E-state index in [1.807, 2.05) is 0 Å². The van der Waals surface area contributed by atoms with Gasteiger partial charge in [-0.05, 0) is 0 Å². The molecule has 0 amide bonds. The number of quaternary nitrogens is 3. The predicted molar refractivity (Wildman–Crippen MR) is 50.3 cm³/mol. The fourth-order valence-electron chi connectivity index (χ4n) is 2.03. The molecule has 1 heterocycles. The van der Waals surface area contributed by atoms with E-state index in [1.54, 1.807) is 9.80 Å². The zero-order valence-electron chi connectivity index (χ0n) is 8.68. The summed E-state index contributed by atoms with van der Waals surface area (Å²) in [6.07, 6.45) is 1.74. The Morgan fingerprint density at radius 2 is 1.92 bits per heavy atom. The third-order valence-corrected chi connectivity index (χ3v) is 3.13. The molecule has 1 atom stereocenters. The number of aliphatic hydroxyl groups excluding tert-OH is 1. The Hall–Kier alpha value is -0.160. The second-order valence-corrected chi connectivity index (χ2v) is 3.99.